The maximum absolute atomic E-state index is 12.2. The van der Waals surface area contributed by atoms with Crippen LogP contribution in [0.25, 0.3) is 5.57 Å². The molecule has 0 saturated carbocycles. The van der Waals surface area contributed by atoms with E-state index in [1.165, 1.54) is 5.57 Å². The lowest BCUT2D eigenvalue weighted by Gasteiger charge is -2.26. The van der Waals surface area contributed by atoms with Gasteiger partial charge in [-0.2, -0.15) is 0 Å². The van der Waals surface area contributed by atoms with Gasteiger partial charge in [0.25, 0.3) is 0 Å². The minimum absolute atomic E-state index is 0.103. The van der Waals surface area contributed by atoms with Gasteiger partial charge in [-0.1, -0.05) is 47.5 Å². The van der Waals surface area contributed by atoms with E-state index in [4.69, 9.17) is 23.2 Å². The number of benzene rings is 2. The maximum Gasteiger partial charge on any atom is 0.225 e. The van der Waals surface area contributed by atoms with Crippen molar-refractivity contribution in [2.45, 2.75) is 12.8 Å². The van der Waals surface area contributed by atoms with E-state index in [-0.39, 0.29) is 11.7 Å². The van der Waals surface area contributed by atoms with E-state index < -0.39 is 0 Å². The first-order chi connectivity index (χ1) is 12.5. The van der Waals surface area contributed by atoms with Gasteiger partial charge in [0.1, 0.15) is 5.75 Å². The van der Waals surface area contributed by atoms with Gasteiger partial charge in [-0.3, -0.25) is 9.69 Å². The number of amides is 1. The number of carbonyl (C=O) groups is 1. The number of halogens is 2. The molecule has 1 aliphatic heterocycles. The number of hydrogen-bond acceptors (Lipinski definition) is 3. The minimum Gasteiger partial charge on any atom is -0.508 e. The highest BCUT2D eigenvalue weighted by Crippen LogP contribution is 2.30. The fraction of sp³-hybridized carbons (Fsp3) is 0.250. The Morgan fingerprint density at radius 2 is 1.81 bits per heavy atom. The molecular formula is C20H20Cl2N2O2. The van der Waals surface area contributed by atoms with Gasteiger partial charge in [0.15, 0.2) is 0 Å². The van der Waals surface area contributed by atoms with E-state index >= 15 is 0 Å². The predicted octanol–water partition coefficient (Wildman–Crippen LogP) is 4.82. The number of phenolic OH excluding ortho intramolecular Hbond substituents is 1. The number of nitrogens with zero attached hydrogens (tertiary/aromatic N) is 1. The van der Waals surface area contributed by atoms with Crippen LogP contribution in [-0.2, 0) is 4.79 Å². The van der Waals surface area contributed by atoms with Crippen LogP contribution in [0, 0.1) is 0 Å². The number of aromatic hydroxyl groups is 1. The highest BCUT2D eigenvalue weighted by molar-refractivity contribution is 6.39. The number of nitrogens with one attached hydrogen (secondary N) is 1. The fourth-order valence-corrected chi connectivity index (χ4v) is 3.42. The second kappa shape index (κ2) is 8.58. The Hall–Kier alpha value is -2.01. The Morgan fingerprint density at radius 1 is 1.12 bits per heavy atom. The van der Waals surface area contributed by atoms with Gasteiger partial charge in [0.05, 0.1) is 15.7 Å². The molecule has 0 unspecified atom stereocenters. The van der Waals surface area contributed by atoms with Crippen LogP contribution < -0.4 is 5.32 Å². The van der Waals surface area contributed by atoms with Gasteiger partial charge in [-0.05, 0) is 41.8 Å². The third-order valence-electron chi connectivity index (χ3n) is 4.41. The number of phenols is 1. The lowest BCUT2D eigenvalue weighted by Crippen LogP contribution is -2.31. The van der Waals surface area contributed by atoms with Gasteiger partial charge in [-0.25, -0.2) is 0 Å². The van der Waals surface area contributed by atoms with Crippen molar-refractivity contribution in [1.29, 1.82) is 0 Å². The average Bonchev–Trinajstić information content (AvgIpc) is 2.64. The molecule has 4 nitrogen and oxygen atoms in total. The smallest absolute Gasteiger partial charge is 0.225 e. The van der Waals surface area contributed by atoms with Crippen LogP contribution in [0.1, 0.15) is 18.4 Å². The number of hydrogen-bond donors (Lipinski definition) is 2. The Bertz CT molecular complexity index is 799. The molecule has 0 atom stereocenters. The predicted molar refractivity (Wildman–Crippen MR) is 107 cm³/mol. The molecule has 0 radical (unpaired) electrons. The van der Waals surface area contributed by atoms with Crippen LogP contribution in [0.4, 0.5) is 5.69 Å². The Labute approximate surface area is 163 Å². The lowest BCUT2D eigenvalue weighted by molar-refractivity contribution is -0.116. The summed E-state index contributed by atoms with van der Waals surface area (Å²) in [5.74, 6) is 0.171. The second-order valence-corrected chi connectivity index (χ2v) is 7.04. The molecule has 6 heteroatoms. The number of para-hydroxylation sites is 1. The standard InChI is InChI=1S/C20H20Cl2N2O2/c21-17-2-1-3-18(22)20(17)23-19(26)10-13-24-11-8-15(9-12-24)14-4-6-16(25)7-5-14/h1-8,25H,9-13H2,(H,23,26). The average molecular weight is 391 g/mol. The summed E-state index contributed by atoms with van der Waals surface area (Å²) in [5, 5.41) is 13.0. The van der Waals surface area contributed by atoms with Gasteiger partial charge < -0.3 is 10.4 Å². The third kappa shape index (κ3) is 4.79. The zero-order chi connectivity index (χ0) is 18.5. The zero-order valence-corrected chi connectivity index (χ0v) is 15.7. The molecule has 0 aromatic heterocycles. The van der Waals surface area contributed by atoms with Crippen molar-refractivity contribution in [2.75, 3.05) is 25.0 Å². The molecule has 2 aromatic rings. The van der Waals surface area contributed by atoms with E-state index in [2.05, 4.69) is 16.3 Å². The van der Waals surface area contributed by atoms with E-state index in [0.717, 1.165) is 25.1 Å². The number of rotatable bonds is 5. The van der Waals surface area contributed by atoms with E-state index in [1.54, 1.807) is 30.3 Å². The molecule has 0 bridgehead atoms. The first-order valence-electron chi connectivity index (χ1n) is 8.47. The molecule has 26 heavy (non-hydrogen) atoms. The highest BCUT2D eigenvalue weighted by atomic mass is 35.5. The summed E-state index contributed by atoms with van der Waals surface area (Å²) >= 11 is 12.1. The first kappa shape index (κ1) is 18.8. The molecular weight excluding hydrogens is 371 g/mol. The van der Waals surface area contributed by atoms with Crippen LogP contribution in [0.2, 0.25) is 10.0 Å². The Morgan fingerprint density at radius 3 is 2.42 bits per heavy atom. The molecule has 0 spiro atoms. The van der Waals surface area contributed by atoms with Crippen molar-refractivity contribution in [3.05, 3.63) is 64.1 Å². The van der Waals surface area contributed by atoms with Crippen molar-refractivity contribution in [3.8, 4) is 5.75 Å². The summed E-state index contributed by atoms with van der Waals surface area (Å²) in [6.45, 7) is 2.37. The maximum atomic E-state index is 12.2. The Kier molecular flexibility index (Phi) is 6.20. The van der Waals surface area contributed by atoms with E-state index in [0.29, 0.717) is 28.7 Å². The van der Waals surface area contributed by atoms with E-state index in [1.807, 2.05) is 12.1 Å². The monoisotopic (exact) mass is 390 g/mol. The van der Waals surface area contributed by atoms with Gasteiger partial charge in [0.2, 0.25) is 5.91 Å². The topological polar surface area (TPSA) is 52.6 Å². The molecule has 0 fully saturated rings. The summed E-state index contributed by atoms with van der Waals surface area (Å²) in [4.78, 5) is 14.4. The van der Waals surface area contributed by atoms with Gasteiger partial charge in [-0.15, -0.1) is 0 Å². The molecule has 1 heterocycles. The normalized spacial score (nSPS) is 14.8. The summed E-state index contributed by atoms with van der Waals surface area (Å²) < 4.78 is 0. The molecule has 0 saturated heterocycles. The number of carbonyl (C=O) groups excluding carboxylic acids is 1. The molecule has 136 valence electrons. The minimum atomic E-state index is -0.103. The summed E-state index contributed by atoms with van der Waals surface area (Å²) in [6.07, 6.45) is 3.48. The van der Waals surface area contributed by atoms with Crippen LogP contribution >= 0.6 is 23.2 Å². The molecule has 1 amide bonds. The van der Waals surface area contributed by atoms with Gasteiger partial charge in [0, 0.05) is 26.1 Å². The summed E-state index contributed by atoms with van der Waals surface area (Å²) in [5.41, 5.74) is 2.87. The van der Waals surface area contributed by atoms with E-state index in [9.17, 15) is 9.90 Å². The first-order valence-corrected chi connectivity index (χ1v) is 9.23. The molecule has 2 N–H and O–H groups in total. The van der Waals surface area contributed by atoms with Crippen LogP contribution in [0.5, 0.6) is 5.75 Å². The molecule has 3 rings (SSSR count). The lowest BCUT2D eigenvalue weighted by atomic mass is 9.99. The zero-order valence-electron chi connectivity index (χ0n) is 14.2. The quantitative estimate of drug-likeness (QED) is 0.769. The van der Waals surface area contributed by atoms with Crippen molar-refractivity contribution >= 4 is 40.4 Å². The Balaban J connectivity index is 1.50. The highest BCUT2D eigenvalue weighted by Gasteiger charge is 2.15. The molecule has 1 aliphatic rings. The third-order valence-corrected chi connectivity index (χ3v) is 5.04. The van der Waals surface area contributed by atoms with Crippen LogP contribution in [0.3, 0.4) is 0 Å². The van der Waals surface area contributed by atoms with Crippen molar-refractivity contribution in [1.82, 2.24) is 4.90 Å². The van der Waals surface area contributed by atoms with Crippen molar-refractivity contribution < 1.29 is 9.90 Å². The summed E-state index contributed by atoms with van der Waals surface area (Å²) in [6, 6.07) is 12.4. The largest absolute Gasteiger partial charge is 0.508 e. The number of anilines is 1. The van der Waals surface area contributed by atoms with Crippen LogP contribution in [0.15, 0.2) is 48.5 Å². The summed E-state index contributed by atoms with van der Waals surface area (Å²) in [7, 11) is 0. The molecule has 0 aliphatic carbocycles. The second-order valence-electron chi connectivity index (χ2n) is 6.22. The van der Waals surface area contributed by atoms with Crippen molar-refractivity contribution in [3.63, 3.8) is 0 Å². The van der Waals surface area contributed by atoms with Crippen LogP contribution in [-0.4, -0.2) is 35.5 Å². The van der Waals surface area contributed by atoms with Gasteiger partial charge >= 0.3 is 0 Å². The fourth-order valence-electron chi connectivity index (χ4n) is 2.93. The molecule has 2 aromatic carbocycles. The van der Waals surface area contributed by atoms with Crippen molar-refractivity contribution in [2.24, 2.45) is 0 Å². The SMILES string of the molecule is O=C(CCN1CC=C(c2ccc(O)cc2)CC1)Nc1c(Cl)cccc1Cl.